The van der Waals surface area contributed by atoms with Crippen LogP contribution in [0.15, 0.2) is 11.8 Å². The number of hydrogen-bond donors (Lipinski definition) is 2. The average molecular weight is 355 g/mol. The summed E-state index contributed by atoms with van der Waals surface area (Å²) in [4.78, 5) is 35.7. The van der Waals surface area contributed by atoms with Crippen molar-refractivity contribution in [2.24, 2.45) is 5.92 Å². The average Bonchev–Trinajstić information content (AvgIpc) is 2.56. The fourth-order valence-corrected chi connectivity index (χ4v) is 2.10. The molecular formula is C15H21N3O7. The molecule has 0 aromatic carbocycles. The minimum Gasteiger partial charge on any atom is -0.465 e. The summed E-state index contributed by atoms with van der Waals surface area (Å²) in [7, 11) is 0. The molecule has 10 heteroatoms. The first kappa shape index (κ1) is 20.1. The monoisotopic (exact) mass is 355 g/mol. The van der Waals surface area contributed by atoms with Crippen molar-refractivity contribution in [2.45, 2.75) is 33.0 Å². The fraction of sp³-hybridized carbons (Fsp3) is 0.600. The molecule has 138 valence electrons. The van der Waals surface area contributed by atoms with E-state index >= 15 is 0 Å². The summed E-state index contributed by atoms with van der Waals surface area (Å²) < 4.78 is 19.8. The van der Waals surface area contributed by atoms with E-state index in [1.54, 1.807) is 26.8 Å². The van der Waals surface area contributed by atoms with Crippen LogP contribution in [0.5, 0.6) is 0 Å². The molecule has 0 aromatic heterocycles. The number of hydrogen-bond acceptors (Lipinski definition) is 8. The molecule has 2 N–H and O–H groups in total. The van der Waals surface area contributed by atoms with Crippen molar-refractivity contribution < 1.29 is 33.3 Å². The van der Waals surface area contributed by atoms with Gasteiger partial charge in [-0.05, 0) is 26.8 Å². The van der Waals surface area contributed by atoms with Gasteiger partial charge in [0.1, 0.15) is 18.0 Å². The second-order valence-electron chi connectivity index (χ2n) is 4.71. The summed E-state index contributed by atoms with van der Waals surface area (Å²) in [6, 6.07) is 0.704. The second kappa shape index (κ2) is 10.0. The van der Waals surface area contributed by atoms with Crippen molar-refractivity contribution >= 4 is 18.2 Å². The van der Waals surface area contributed by atoms with Crippen LogP contribution in [-0.4, -0.2) is 50.2 Å². The summed E-state index contributed by atoms with van der Waals surface area (Å²) in [6.07, 6.45) is -1.64. The van der Waals surface area contributed by atoms with E-state index in [9.17, 15) is 14.4 Å². The molecule has 0 aliphatic carbocycles. The highest BCUT2D eigenvalue weighted by molar-refractivity contribution is 5.78. The van der Waals surface area contributed by atoms with Crippen LogP contribution >= 0.6 is 0 Å². The third-order valence-corrected chi connectivity index (χ3v) is 3.06. The molecule has 0 saturated carbocycles. The molecule has 1 aliphatic heterocycles. The van der Waals surface area contributed by atoms with Crippen molar-refractivity contribution in [3.63, 3.8) is 0 Å². The van der Waals surface area contributed by atoms with E-state index < -0.39 is 36.3 Å². The Bertz CT molecular complexity index is 570. The topological polar surface area (TPSA) is 136 Å². The first-order chi connectivity index (χ1) is 12.0. The Morgan fingerprint density at radius 3 is 2.16 bits per heavy atom. The van der Waals surface area contributed by atoms with Gasteiger partial charge in [-0.1, -0.05) is 0 Å². The number of amides is 2. The van der Waals surface area contributed by atoms with Gasteiger partial charge in [0.25, 0.3) is 0 Å². The van der Waals surface area contributed by atoms with E-state index in [0.29, 0.717) is 0 Å². The number of ether oxygens (including phenoxy) is 4. The maximum Gasteiger partial charge on any atom is 0.410 e. The summed E-state index contributed by atoms with van der Waals surface area (Å²) in [6.45, 7) is 5.16. The normalized spacial score (nSPS) is 21.7. The number of carbonyl (C=O) groups excluding carboxylic acids is 3. The standard InChI is InChI=1S/C15H21N3O7/c1-4-22-13(19)10-7-9(8-16)25-12(18-15(21)24-6-3)11(10)17-14(20)23-5-2/h7,10-12H,4-6H2,1-3H3,(H,17,20)(H,18,21)/t10-,11-,12+/m1/s1. The molecule has 1 rings (SSSR count). The minimum absolute atomic E-state index is 0.105. The van der Waals surface area contributed by atoms with Gasteiger partial charge in [-0.15, -0.1) is 0 Å². The molecule has 0 spiro atoms. The first-order valence-electron chi connectivity index (χ1n) is 7.78. The Morgan fingerprint density at radius 1 is 1.08 bits per heavy atom. The Morgan fingerprint density at radius 2 is 1.64 bits per heavy atom. The molecule has 0 fully saturated rings. The van der Waals surface area contributed by atoms with Gasteiger partial charge >= 0.3 is 18.2 Å². The minimum atomic E-state index is -1.22. The molecule has 10 nitrogen and oxygen atoms in total. The summed E-state index contributed by atoms with van der Waals surface area (Å²) in [5, 5.41) is 13.9. The number of alkyl carbamates (subject to hydrolysis) is 2. The first-order valence-corrected chi connectivity index (χ1v) is 7.78. The Hall–Kier alpha value is -2.96. The van der Waals surface area contributed by atoms with Crippen LogP contribution in [-0.2, 0) is 23.7 Å². The smallest absolute Gasteiger partial charge is 0.410 e. The second-order valence-corrected chi connectivity index (χ2v) is 4.71. The molecule has 0 bridgehead atoms. The van der Waals surface area contributed by atoms with Gasteiger partial charge < -0.3 is 24.3 Å². The molecule has 1 heterocycles. The van der Waals surface area contributed by atoms with Crippen molar-refractivity contribution in [1.29, 1.82) is 5.26 Å². The van der Waals surface area contributed by atoms with Gasteiger partial charge in [0.05, 0.1) is 19.8 Å². The number of nitriles is 1. The van der Waals surface area contributed by atoms with Crippen molar-refractivity contribution in [3.05, 3.63) is 11.8 Å². The Balaban J connectivity index is 3.10. The summed E-state index contributed by atoms with van der Waals surface area (Å²) in [5.74, 6) is -1.93. The highest BCUT2D eigenvalue weighted by Gasteiger charge is 2.42. The van der Waals surface area contributed by atoms with Gasteiger partial charge in [-0.25, -0.2) is 9.59 Å². The zero-order valence-electron chi connectivity index (χ0n) is 14.2. The van der Waals surface area contributed by atoms with Crippen molar-refractivity contribution in [2.75, 3.05) is 19.8 Å². The molecule has 1 aliphatic rings. The molecular weight excluding hydrogens is 334 g/mol. The zero-order chi connectivity index (χ0) is 18.8. The van der Waals surface area contributed by atoms with E-state index in [4.69, 9.17) is 24.2 Å². The lowest BCUT2D eigenvalue weighted by molar-refractivity contribution is -0.149. The lowest BCUT2D eigenvalue weighted by Gasteiger charge is -2.34. The quantitative estimate of drug-likeness (QED) is 0.527. The van der Waals surface area contributed by atoms with E-state index in [0.717, 1.165) is 0 Å². The molecule has 0 saturated heterocycles. The maximum atomic E-state index is 12.2. The summed E-state index contributed by atoms with van der Waals surface area (Å²) >= 11 is 0. The van der Waals surface area contributed by atoms with Crippen LogP contribution in [0.25, 0.3) is 0 Å². The molecule has 0 aromatic rings. The zero-order valence-corrected chi connectivity index (χ0v) is 14.2. The van der Waals surface area contributed by atoms with Crippen LogP contribution in [0.3, 0.4) is 0 Å². The van der Waals surface area contributed by atoms with Crippen molar-refractivity contribution in [3.8, 4) is 6.07 Å². The number of allylic oxidation sites excluding steroid dienone is 1. The van der Waals surface area contributed by atoms with Gasteiger partial charge in [0.2, 0.25) is 0 Å². The van der Waals surface area contributed by atoms with Crippen LogP contribution in [0.4, 0.5) is 9.59 Å². The molecule has 25 heavy (non-hydrogen) atoms. The van der Waals surface area contributed by atoms with Crippen LogP contribution in [0, 0.1) is 17.2 Å². The van der Waals surface area contributed by atoms with E-state index in [-0.39, 0.29) is 25.6 Å². The van der Waals surface area contributed by atoms with Gasteiger partial charge in [0, 0.05) is 0 Å². The van der Waals surface area contributed by atoms with Crippen LogP contribution in [0.2, 0.25) is 0 Å². The highest BCUT2D eigenvalue weighted by Crippen LogP contribution is 2.23. The summed E-state index contributed by atoms with van der Waals surface area (Å²) in [5.41, 5.74) is 0. The third-order valence-electron chi connectivity index (χ3n) is 3.06. The number of nitrogens with zero attached hydrogens (tertiary/aromatic N) is 1. The molecule has 0 unspecified atom stereocenters. The number of nitrogens with one attached hydrogen (secondary N) is 2. The largest absolute Gasteiger partial charge is 0.465 e. The predicted molar refractivity (Wildman–Crippen MR) is 82.8 cm³/mol. The fourth-order valence-electron chi connectivity index (χ4n) is 2.10. The molecule has 0 radical (unpaired) electrons. The van der Waals surface area contributed by atoms with Gasteiger partial charge in [-0.3, -0.25) is 10.1 Å². The Labute approximate surface area is 145 Å². The number of rotatable bonds is 6. The van der Waals surface area contributed by atoms with Crippen molar-refractivity contribution in [1.82, 2.24) is 10.6 Å². The lowest BCUT2D eigenvalue weighted by Crippen LogP contribution is -2.59. The highest BCUT2D eigenvalue weighted by atomic mass is 16.6. The predicted octanol–water partition coefficient (Wildman–Crippen LogP) is 0.790. The molecule has 2 amide bonds. The maximum absolute atomic E-state index is 12.2. The number of esters is 1. The number of carbonyl (C=O) groups is 3. The molecule has 3 atom stereocenters. The third kappa shape index (κ3) is 5.87. The van der Waals surface area contributed by atoms with Crippen LogP contribution in [0.1, 0.15) is 20.8 Å². The SMILES string of the molecule is CCOC(=O)N[C@H]1[C@@H](NC(=O)OCC)OC(C#N)=C[C@H]1C(=O)OCC. The van der Waals surface area contributed by atoms with E-state index in [1.807, 2.05) is 0 Å². The lowest BCUT2D eigenvalue weighted by atomic mass is 9.95. The van der Waals surface area contributed by atoms with E-state index in [1.165, 1.54) is 6.08 Å². The van der Waals surface area contributed by atoms with Crippen LogP contribution < -0.4 is 10.6 Å². The van der Waals surface area contributed by atoms with E-state index in [2.05, 4.69) is 10.6 Å². The van der Waals surface area contributed by atoms with Gasteiger partial charge in [0.15, 0.2) is 12.0 Å². The van der Waals surface area contributed by atoms with Gasteiger partial charge in [-0.2, -0.15) is 5.26 Å². The Kier molecular flexibility index (Phi) is 8.05.